The molecule has 4 rings (SSSR count). The minimum atomic E-state index is -0.762. The largest absolute Gasteiger partial charge is 0.447 e. The Hall–Kier alpha value is -3.41. The molecule has 1 atom stereocenters. The van der Waals surface area contributed by atoms with Crippen LogP contribution in [0.1, 0.15) is 27.6 Å². The zero-order valence-corrected chi connectivity index (χ0v) is 17.7. The highest BCUT2D eigenvalue weighted by Crippen LogP contribution is 2.32. The van der Waals surface area contributed by atoms with E-state index in [2.05, 4.69) is 10.1 Å². The second-order valence-electron chi connectivity index (χ2n) is 6.64. The molecule has 154 valence electrons. The van der Waals surface area contributed by atoms with Gasteiger partial charge in [-0.1, -0.05) is 83.9 Å². The van der Waals surface area contributed by atoms with Gasteiger partial charge in [0.2, 0.25) is 0 Å². The first-order chi connectivity index (χ1) is 15.1. The number of halogens is 2. The van der Waals surface area contributed by atoms with Gasteiger partial charge in [-0.15, -0.1) is 0 Å². The maximum Gasteiger partial charge on any atom is 0.340 e. The smallest absolute Gasteiger partial charge is 0.340 e. The van der Waals surface area contributed by atoms with E-state index in [9.17, 15) is 4.79 Å². The molecule has 31 heavy (non-hydrogen) atoms. The summed E-state index contributed by atoms with van der Waals surface area (Å²) in [6.07, 6.45) is 4.14. The van der Waals surface area contributed by atoms with Crippen molar-refractivity contribution in [3.05, 3.63) is 118 Å². The average Bonchev–Trinajstić information content (AvgIpc) is 3.32. The van der Waals surface area contributed by atoms with E-state index >= 15 is 0 Å². The summed E-state index contributed by atoms with van der Waals surface area (Å²) in [5.74, 6) is -0.574. The van der Waals surface area contributed by atoms with Crippen molar-refractivity contribution in [1.82, 2.24) is 14.8 Å². The van der Waals surface area contributed by atoms with E-state index < -0.39 is 12.1 Å². The Balaban J connectivity index is 1.79. The number of hydrogen-bond donors (Lipinski definition) is 0. The minimum Gasteiger partial charge on any atom is -0.447 e. The Kier molecular flexibility index (Phi) is 6.46. The van der Waals surface area contributed by atoms with Crippen LogP contribution >= 0.6 is 23.2 Å². The second kappa shape index (κ2) is 9.60. The van der Waals surface area contributed by atoms with Gasteiger partial charge < -0.3 is 4.74 Å². The number of rotatable bonds is 6. The second-order valence-corrected chi connectivity index (χ2v) is 7.48. The van der Waals surface area contributed by atoms with Gasteiger partial charge in [-0.05, 0) is 35.4 Å². The van der Waals surface area contributed by atoms with Crippen LogP contribution in [0.2, 0.25) is 10.0 Å². The van der Waals surface area contributed by atoms with Gasteiger partial charge in [-0.2, -0.15) is 5.10 Å². The molecule has 0 fully saturated rings. The summed E-state index contributed by atoms with van der Waals surface area (Å²) >= 11 is 12.2. The van der Waals surface area contributed by atoms with Gasteiger partial charge in [0.15, 0.2) is 6.10 Å². The Bertz CT molecular complexity index is 1190. The number of nitrogens with zero attached hydrogens (tertiary/aromatic N) is 3. The van der Waals surface area contributed by atoms with Crippen molar-refractivity contribution in [2.75, 3.05) is 0 Å². The van der Waals surface area contributed by atoms with Crippen molar-refractivity contribution in [2.45, 2.75) is 6.10 Å². The molecule has 0 saturated carbocycles. The van der Waals surface area contributed by atoms with E-state index in [-0.39, 0.29) is 10.6 Å². The number of aromatic nitrogens is 3. The van der Waals surface area contributed by atoms with E-state index in [1.165, 1.54) is 12.4 Å². The Morgan fingerprint density at radius 3 is 2.32 bits per heavy atom. The molecule has 0 aliphatic rings. The van der Waals surface area contributed by atoms with Crippen LogP contribution in [0.15, 0.2) is 91.5 Å². The first-order valence-electron chi connectivity index (χ1n) is 9.44. The van der Waals surface area contributed by atoms with Gasteiger partial charge in [0.1, 0.15) is 12.7 Å². The van der Waals surface area contributed by atoms with Gasteiger partial charge >= 0.3 is 5.97 Å². The number of esters is 1. The summed E-state index contributed by atoms with van der Waals surface area (Å²) in [5.41, 5.74) is 2.55. The lowest BCUT2D eigenvalue weighted by Gasteiger charge is -2.22. The summed E-state index contributed by atoms with van der Waals surface area (Å²) in [7, 11) is 0. The van der Waals surface area contributed by atoms with E-state index in [1.807, 2.05) is 66.7 Å². The van der Waals surface area contributed by atoms with Gasteiger partial charge in [-0.3, -0.25) is 0 Å². The standard InChI is InChI=1S/C24H17Cl2N3O2/c25-19-11-12-20(21(26)14-19)24(30)31-23(18-9-5-2-6-10-18)22(29-16-27-15-28-29)13-17-7-3-1-4-8-17/h1-16,23H/b22-13+. The van der Waals surface area contributed by atoms with Gasteiger partial charge in [0.25, 0.3) is 0 Å². The fourth-order valence-electron chi connectivity index (χ4n) is 3.08. The molecule has 0 bridgehead atoms. The van der Waals surface area contributed by atoms with Crippen LogP contribution in [0, 0.1) is 0 Å². The van der Waals surface area contributed by atoms with Crippen molar-refractivity contribution in [3.8, 4) is 0 Å². The lowest BCUT2D eigenvalue weighted by atomic mass is 10.0. The minimum absolute atomic E-state index is 0.221. The molecule has 0 radical (unpaired) electrons. The molecule has 5 nitrogen and oxygen atoms in total. The molecule has 3 aromatic carbocycles. The molecule has 0 aliphatic heterocycles. The fraction of sp³-hybridized carbons (Fsp3) is 0.0417. The number of carbonyl (C=O) groups excluding carboxylic acids is 1. The van der Waals surface area contributed by atoms with Crippen LogP contribution in [0.4, 0.5) is 0 Å². The number of carbonyl (C=O) groups is 1. The summed E-state index contributed by atoms with van der Waals surface area (Å²) in [4.78, 5) is 17.1. The van der Waals surface area contributed by atoms with E-state index in [0.717, 1.165) is 11.1 Å². The molecule has 1 aromatic heterocycles. The van der Waals surface area contributed by atoms with Crippen molar-refractivity contribution in [3.63, 3.8) is 0 Å². The Morgan fingerprint density at radius 2 is 1.68 bits per heavy atom. The number of benzene rings is 3. The SMILES string of the molecule is O=C(OC(/C(=C\c1ccccc1)n1cncn1)c1ccccc1)c1ccc(Cl)cc1Cl. The Labute approximate surface area is 189 Å². The van der Waals surface area contributed by atoms with Gasteiger partial charge in [0, 0.05) is 5.02 Å². The first kappa shape index (κ1) is 20.8. The predicted molar refractivity (Wildman–Crippen MR) is 122 cm³/mol. The van der Waals surface area contributed by atoms with Crippen LogP contribution in [0.3, 0.4) is 0 Å². The van der Waals surface area contributed by atoms with E-state index in [0.29, 0.717) is 10.7 Å². The maximum absolute atomic E-state index is 13.1. The zero-order chi connectivity index (χ0) is 21.6. The lowest BCUT2D eigenvalue weighted by Crippen LogP contribution is -2.17. The third kappa shape index (κ3) is 5.02. The zero-order valence-electron chi connectivity index (χ0n) is 16.2. The molecule has 0 spiro atoms. The molecule has 0 aliphatic carbocycles. The summed E-state index contributed by atoms with van der Waals surface area (Å²) in [5, 5.41) is 4.93. The highest BCUT2D eigenvalue weighted by molar-refractivity contribution is 6.36. The number of ether oxygens (including phenoxy) is 1. The van der Waals surface area contributed by atoms with Crippen LogP contribution in [-0.4, -0.2) is 20.7 Å². The van der Waals surface area contributed by atoms with Crippen LogP contribution in [0.25, 0.3) is 11.8 Å². The van der Waals surface area contributed by atoms with Gasteiger partial charge in [-0.25, -0.2) is 14.5 Å². The molecule has 0 N–H and O–H groups in total. The first-order valence-corrected chi connectivity index (χ1v) is 10.2. The van der Waals surface area contributed by atoms with E-state index in [4.69, 9.17) is 27.9 Å². The molecule has 0 amide bonds. The molecule has 0 saturated heterocycles. The molecular weight excluding hydrogens is 433 g/mol. The lowest BCUT2D eigenvalue weighted by molar-refractivity contribution is 0.0399. The monoisotopic (exact) mass is 449 g/mol. The van der Waals surface area contributed by atoms with Crippen molar-refractivity contribution >= 4 is 40.9 Å². The predicted octanol–water partition coefficient (Wildman–Crippen LogP) is 6.18. The van der Waals surface area contributed by atoms with E-state index in [1.54, 1.807) is 23.1 Å². The molecule has 1 unspecified atom stereocenters. The van der Waals surface area contributed by atoms with Crippen molar-refractivity contribution < 1.29 is 9.53 Å². The van der Waals surface area contributed by atoms with Crippen LogP contribution in [-0.2, 0) is 4.74 Å². The molecular formula is C24H17Cl2N3O2. The number of hydrogen-bond acceptors (Lipinski definition) is 4. The normalized spacial score (nSPS) is 12.4. The molecule has 1 heterocycles. The van der Waals surface area contributed by atoms with Crippen LogP contribution in [0.5, 0.6) is 0 Å². The summed E-state index contributed by atoms with van der Waals surface area (Å²) < 4.78 is 7.56. The third-order valence-electron chi connectivity index (χ3n) is 4.54. The van der Waals surface area contributed by atoms with Crippen molar-refractivity contribution in [2.24, 2.45) is 0 Å². The van der Waals surface area contributed by atoms with Gasteiger partial charge in [0.05, 0.1) is 16.3 Å². The summed E-state index contributed by atoms with van der Waals surface area (Å²) in [6, 6.07) is 23.8. The topological polar surface area (TPSA) is 57.0 Å². The Morgan fingerprint density at radius 1 is 0.968 bits per heavy atom. The molecule has 7 heteroatoms. The highest BCUT2D eigenvalue weighted by atomic mass is 35.5. The molecule has 4 aromatic rings. The van der Waals surface area contributed by atoms with Crippen LogP contribution < -0.4 is 0 Å². The average molecular weight is 450 g/mol. The quantitative estimate of drug-likeness (QED) is 0.329. The fourth-order valence-corrected chi connectivity index (χ4v) is 3.56. The maximum atomic E-state index is 13.1. The highest BCUT2D eigenvalue weighted by Gasteiger charge is 2.25. The van der Waals surface area contributed by atoms with Crippen molar-refractivity contribution in [1.29, 1.82) is 0 Å². The third-order valence-corrected chi connectivity index (χ3v) is 5.09. The summed E-state index contributed by atoms with van der Waals surface area (Å²) in [6.45, 7) is 0.